The molecule has 2 saturated heterocycles. The summed E-state index contributed by atoms with van der Waals surface area (Å²) in [6.07, 6.45) is 1.20. The average Bonchev–Trinajstić information content (AvgIpc) is 2.92. The molecule has 2 aliphatic heterocycles. The largest absolute Gasteiger partial charge is 0.389 e. The molecule has 3 rings (SSSR count). The van der Waals surface area contributed by atoms with Gasteiger partial charge < -0.3 is 5.11 Å². The molecule has 0 bridgehead atoms. The summed E-state index contributed by atoms with van der Waals surface area (Å²) in [6, 6.07) is 0. The SMILES string of the molecule is Cc1nc(CN2CC[C@@]3(O)CCN(S(=O)(=O)N(C)C)C[C@H]3C2)cs1. The van der Waals surface area contributed by atoms with Gasteiger partial charge in [0.1, 0.15) is 0 Å². The van der Waals surface area contributed by atoms with Gasteiger partial charge in [-0.3, -0.25) is 4.90 Å². The minimum absolute atomic E-state index is 0.0607. The van der Waals surface area contributed by atoms with E-state index in [1.807, 2.05) is 6.92 Å². The molecule has 0 unspecified atom stereocenters. The Hall–Kier alpha value is -0.580. The molecule has 0 aromatic carbocycles. The highest BCUT2D eigenvalue weighted by molar-refractivity contribution is 7.86. The van der Waals surface area contributed by atoms with E-state index in [0.29, 0.717) is 32.5 Å². The van der Waals surface area contributed by atoms with Gasteiger partial charge in [-0.2, -0.15) is 17.0 Å². The molecule has 0 radical (unpaired) electrons. The summed E-state index contributed by atoms with van der Waals surface area (Å²) in [5, 5.41) is 14.1. The minimum atomic E-state index is -3.42. The van der Waals surface area contributed by atoms with E-state index in [2.05, 4.69) is 15.3 Å². The summed E-state index contributed by atoms with van der Waals surface area (Å²) in [5.41, 5.74) is 0.309. The van der Waals surface area contributed by atoms with Gasteiger partial charge in [-0.1, -0.05) is 0 Å². The van der Waals surface area contributed by atoms with Gasteiger partial charge in [-0.05, 0) is 19.8 Å². The topological polar surface area (TPSA) is 77.0 Å². The Bertz CT molecular complexity index is 691. The predicted octanol–water partition coefficient (Wildman–Crippen LogP) is 0.517. The van der Waals surface area contributed by atoms with Crippen molar-refractivity contribution in [1.29, 1.82) is 0 Å². The molecule has 0 saturated carbocycles. The van der Waals surface area contributed by atoms with Gasteiger partial charge in [0.15, 0.2) is 0 Å². The molecular weight excluding hydrogens is 348 g/mol. The lowest BCUT2D eigenvalue weighted by molar-refractivity contribution is -0.103. The summed E-state index contributed by atoms with van der Waals surface area (Å²) < 4.78 is 27.5. The van der Waals surface area contributed by atoms with Crippen LogP contribution in [0, 0.1) is 12.8 Å². The number of likely N-dealkylation sites (tertiary alicyclic amines) is 1. The first kappa shape index (κ1) is 18.2. The van der Waals surface area contributed by atoms with Crippen molar-refractivity contribution in [3.05, 3.63) is 16.1 Å². The number of rotatable bonds is 4. The molecule has 1 aromatic heterocycles. The van der Waals surface area contributed by atoms with Gasteiger partial charge in [0.25, 0.3) is 10.2 Å². The molecule has 2 aliphatic rings. The summed E-state index contributed by atoms with van der Waals surface area (Å²) in [6.45, 7) is 5.05. The number of thiazole rings is 1. The van der Waals surface area contributed by atoms with E-state index in [9.17, 15) is 13.5 Å². The lowest BCUT2D eigenvalue weighted by Gasteiger charge is -2.49. The van der Waals surface area contributed by atoms with Crippen molar-refractivity contribution < 1.29 is 13.5 Å². The Morgan fingerprint density at radius 2 is 2.08 bits per heavy atom. The fourth-order valence-corrected chi connectivity index (χ4v) is 5.39. The zero-order valence-corrected chi connectivity index (χ0v) is 16.1. The fraction of sp³-hybridized carbons (Fsp3) is 0.800. The Balaban J connectivity index is 1.69. The Kier molecular flexibility index (Phi) is 5.03. The summed E-state index contributed by atoms with van der Waals surface area (Å²) >= 11 is 1.64. The zero-order valence-electron chi connectivity index (χ0n) is 14.5. The first-order valence-corrected chi connectivity index (χ1v) is 10.5. The van der Waals surface area contributed by atoms with Crippen molar-refractivity contribution in [3.8, 4) is 0 Å². The van der Waals surface area contributed by atoms with Crippen LogP contribution in [0.15, 0.2) is 5.38 Å². The van der Waals surface area contributed by atoms with E-state index in [4.69, 9.17) is 0 Å². The third-order valence-corrected chi connectivity index (χ3v) is 7.89. The molecule has 2 fully saturated rings. The Labute approximate surface area is 148 Å². The van der Waals surface area contributed by atoms with E-state index >= 15 is 0 Å². The van der Waals surface area contributed by atoms with Gasteiger partial charge in [0.2, 0.25) is 0 Å². The maximum Gasteiger partial charge on any atom is 0.281 e. The van der Waals surface area contributed by atoms with Crippen LogP contribution in [0.3, 0.4) is 0 Å². The number of nitrogens with zero attached hydrogens (tertiary/aromatic N) is 4. The van der Waals surface area contributed by atoms with E-state index < -0.39 is 15.8 Å². The Morgan fingerprint density at radius 1 is 1.38 bits per heavy atom. The van der Waals surface area contributed by atoms with Crippen molar-refractivity contribution in [3.63, 3.8) is 0 Å². The maximum absolute atomic E-state index is 12.4. The smallest absolute Gasteiger partial charge is 0.281 e. The van der Waals surface area contributed by atoms with Crippen molar-refractivity contribution >= 4 is 21.5 Å². The van der Waals surface area contributed by atoms with Crippen molar-refractivity contribution in [2.24, 2.45) is 5.92 Å². The number of hydrogen-bond acceptors (Lipinski definition) is 6. The van der Waals surface area contributed by atoms with Gasteiger partial charge in [0, 0.05) is 58.1 Å². The third kappa shape index (κ3) is 3.51. The lowest BCUT2D eigenvalue weighted by Crippen LogP contribution is -2.61. The first-order valence-electron chi connectivity index (χ1n) is 8.24. The second-order valence-corrected chi connectivity index (χ2v) is 10.2. The number of aromatic nitrogens is 1. The van der Waals surface area contributed by atoms with E-state index in [-0.39, 0.29) is 5.92 Å². The van der Waals surface area contributed by atoms with Gasteiger partial charge in [0.05, 0.1) is 16.3 Å². The van der Waals surface area contributed by atoms with Crippen LogP contribution in [-0.2, 0) is 16.8 Å². The maximum atomic E-state index is 12.4. The second-order valence-electron chi connectivity index (χ2n) is 7.04. The summed E-state index contributed by atoms with van der Waals surface area (Å²) in [4.78, 5) is 6.78. The first-order chi connectivity index (χ1) is 11.2. The molecule has 0 aliphatic carbocycles. The van der Waals surface area contributed by atoms with Crippen LogP contribution in [-0.4, -0.2) is 77.9 Å². The number of fused-ring (bicyclic) bond motifs is 1. The summed E-state index contributed by atoms with van der Waals surface area (Å²) in [7, 11) is -0.325. The molecule has 1 aromatic rings. The van der Waals surface area contributed by atoms with Crippen molar-refractivity contribution in [2.45, 2.75) is 31.9 Å². The molecule has 7 nitrogen and oxygen atoms in total. The van der Waals surface area contributed by atoms with Crippen LogP contribution >= 0.6 is 11.3 Å². The second kappa shape index (κ2) is 6.62. The van der Waals surface area contributed by atoms with Crippen molar-refractivity contribution in [2.75, 3.05) is 40.3 Å². The zero-order chi connectivity index (χ0) is 17.5. The molecule has 9 heteroatoms. The van der Waals surface area contributed by atoms with Crippen LogP contribution in [0.1, 0.15) is 23.5 Å². The van der Waals surface area contributed by atoms with Gasteiger partial charge >= 0.3 is 0 Å². The fourth-order valence-electron chi connectivity index (χ4n) is 3.63. The summed E-state index contributed by atoms with van der Waals surface area (Å²) in [5.74, 6) is -0.0607. The minimum Gasteiger partial charge on any atom is -0.389 e. The predicted molar refractivity (Wildman–Crippen MR) is 94.0 cm³/mol. The van der Waals surface area contributed by atoms with Gasteiger partial charge in [-0.15, -0.1) is 11.3 Å². The highest BCUT2D eigenvalue weighted by Gasteiger charge is 2.47. The molecule has 0 spiro atoms. The Morgan fingerprint density at radius 3 is 2.71 bits per heavy atom. The van der Waals surface area contributed by atoms with Crippen LogP contribution in [0.2, 0.25) is 0 Å². The average molecular weight is 375 g/mol. The molecule has 2 atom stereocenters. The number of hydrogen-bond donors (Lipinski definition) is 1. The van der Waals surface area contributed by atoms with Crippen LogP contribution in [0.5, 0.6) is 0 Å². The molecular formula is C15H26N4O3S2. The molecule has 1 N–H and O–H groups in total. The van der Waals surface area contributed by atoms with Crippen LogP contribution in [0.4, 0.5) is 0 Å². The van der Waals surface area contributed by atoms with E-state index in [0.717, 1.165) is 23.8 Å². The van der Waals surface area contributed by atoms with Gasteiger partial charge in [-0.25, -0.2) is 4.98 Å². The number of piperidine rings is 2. The lowest BCUT2D eigenvalue weighted by atomic mass is 9.76. The standard InChI is InChI=1S/C15H26N4O3S2/c1-12-16-14(11-23-12)10-18-6-4-15(20)5-7-19(9-13(15)8-18)24(21,22)17(2)3/h11,13,20H,4-10H2,1-3H3/t13-,15-/m1/s1. The molecule has 136 valence electrons. The normalized spacial score (nSPS) is 29.8. The quantitative estimate of drug-likeness (QED) is 0.831. The van der Waals surface area contributed by atoms with Crippen LogP contribution in [0.25, 0.3) is 0 Å². The molecule has 0 amide bonds. The molecule has 24 heavy (non-hydrogen) atoms. The van der Waals surface area contributed by atoms with Crippen LogP contribution < -0.4 is 0 Å². The highest BCUT2D eigenvalue weighted by atomic mass is 32.2. The highest BCUT2D eigenvalue weighted by Crippen LogP contribution is 2.36. The van der Waals surface area contributed by atoms with Crippen molar-refractivity contribution in [1.82, 2.24) is 18.5 Å². The van der Waals surface area contributed by atoms with E-state index in [1.54, 1.807) is 25.4 Å². The number of aryl methyl sites for hydroxylation is 1. The number of aliphatic hydroxyl groups is 1. The van der Waals surface area contributed by atoms with E-state index in [1.165, 1.54) is 8.61 Å². The monoisotopic (exact) mass is 374 g/mol. The molecule has 3 heterocycles. The third-order valence-electron chi connectivity index (χ3n) is 5.16.